The average molecular weight is 294 g/mol. The molecule has 1 aromatic carbocycles. The summed E-state index contributed by atoms with van der Waals surface area (Å²) in [5, 5.41) is 4.41. The van der Waals surface area contributed by atoms with Gasteiger partial charge in [0.1, 0.15) is 4.99 Å². The van der Waals surface area contributed by atoms with Crippen molar-refractivity contribution in [3.63, 3.8) is 0 Å². The van der Waals surface area contributed by atoms with Crippen molar-refractivity contribution in [3.05, 3.63) is 29.3 Å². The molecule has 4 heteroatoms. The van der Waals surface area contributed by atoms with E-state index in [1.54, 1.807) is 0 Å². The fourth-order valence-corrected chi connectivity index (χ4v) is 3.95. The van der Waals surface area contributed by atoms with Gasteiger partial charge in [-0.25, -0.2) is 0 Å². The summed E-state index contributed by atoms with van der Waals surface area (Å²) >= 11 is 7.03. The van der Waals surface area contributed by atoms with Gasteiger partial charge in [0.2, 0.25) is 0 Å². The van der Waals surface area contributed by atoms with E-state index in [0.717, 1.165) is 16.4 Å². The molecule has 2 nitrogen and oxygen atoms in total. The standard InChI is InChI=1S/C15H22N2S2/c1-10-9-11(7-8-12(10)15(16)18)17-13-5-3-4-6-14(13)19-2/h7-9,13-14,17H,3-6H2,1-2H3,(H2,16,18). The summed E-state index contributed by atoms with van der Waals surface area (Å²) in [6.07, 6.45) is 7.50. The maximum atomic E-state index is 5.70. The molecule has 0 radical (unpaired) electrons. The largest absolute Gasteiger partial charge is 0.389 e. The van der Waals surface area contributed by atoms with Crippen molar-refractivity contribution < 1.29 is 0 Å². The van der Waals surface area contributed by atoms with Gasteiger partial charge in [0.05, 0.1) is 0 Å². The Kier molecular flexibility index (Phi) is 5.11. The van der Waals surface area contributed by atoms with Crippen LogP contribution in [-0.2, 0) is 0 Å². The Balaban J connectivity index is 2.10. The Morgan fingerprint density at radius 1 is 1.37 bits per heavy atom. The first-order chi connectivity index (χ1) is 9.11. The van der Waals surface area contributed by atoms with Gasteiger partial charge in [-0.05, 0) is 49.8 Å². The van der Waals surface area contributed by atoms with Crippen LogP contribution in [0.1, 0.15) is 36.8 Å². The summed E-state index contributed by atoms with van der Waals surface area (Å²) in [4.78, 5) is 0.476. The van der Waals surface area contributed by atoms with Gasteiger partial charge in [0.25, 0.3) is 0 Å². The van der Waals surface area contributed by atoms with Gasteiger partial charge in [0.15, 0.2) is 0 Å². The number of benzene rings is 1. The van der Waals surface area contributed by atoms with E-state index in [-0.39, 0.29) is 0 Å². The zero-order valence-corrected chi connectivity index (χ0v) is 13.2. The van der Waals surface area contributed by atoms with Crippen LogP contribution in [0.25, 0.3) is 0 Å². The summed E-state index contributed by atoms with van der Waals surface area (Å²) < 4.78 is 0. The minimum Gasteiger partial charge on any atom is -0.389 e. The molecule has 0 aliphatic heterocycles. The van der Waals surface area contributed by atoms with E-state index in [4.69, 9.17) is 18.0 Å². The molecule has 0 heterocycles. The van der Waals surface area contributed by atoms with Gasteiger partial charge in [-0.2, -0.15) is 11.8 Å². The molecule has 1 fully saturated rings. The van der Waals surface area contributed by atoms with Crippen LogP contribution in [0.2, 0.25) is 0 Å². The lowest BCUT2D eigenvalue weighted by Crippen LogP contribution is -2.34. The van der Waals surface area contributed by atoms with E-state index in [9.17, 15) is 0 Å². The zero-order valence-electron chi connectivity index (χ0n) is 11.6. The molecule has 1 aliphatic carbocycles. The third-order valence-electron chi connectivity index (χ3n) is 3.85. The Morgan fingerprint density at radius 3 is 2.74 bits per heavy atom. The van der Waals surface area contributed by atoms with Crippen molar-refractivity contribution in [1.29, 1.82) is 0 Å². The minimum atomic E-state index is 0.476. The molecular formula is C15H22N2S2. The first kappa shape index (κ1) is 14.7. The summed E-state index contributed by atoms with van der Waals surface area (Å²) in [5.74, 6) is 0. The predicted octanol–water partition coefficient (Wildman–Crippen LogP) is 3.72. The molecule has 2 rings (SSSR count). The molecule has 1 saturated carbocycles. The SMILES string of the molecule is CSC1CCCCC1Nc1ccc(C(N)=S)c(C)c1. The van der Waals surface area contributed by atoms with E-state index in [2.05, 4.69) is 30.6 Å². The molecule has 1 aromatic rings. The van der Waals surface area contributed by atoms with Crippen LogP contribution in [0.15, 0.2) is 18.2 Å². The van der Waals surface area contributed by atoms with E-state index in [1.165, 1.54) is 31.4 Å². The lowest BCUT2D eigenvalue weighted by atomic mass is 9.94. The smallest absolute Gasteiger partial charge is 0.104 e. The van der Waals surface area contributed by atoms with Crippen LogP contribution in [0.4, 0.5) is 5.69 Å². The third-order valence-corrected chi connectivity index (χ3v) is 5.24. The second-order valence-corrected chi connectivity index (χ2v) is 6.72. The number of anilines is 1. The van der Waals surface area contributed by atoms with E-state index in [1.807, 2.05) is 17.8 Å². The highest BCUT2D eigenvalue weighted by Crippen LogP contribution is 2.30. The first-order valence-electron chi connectivity index (χ1n) is 6.81. The lowest BCUT2D eigenvalue weighted by Gasteiger charge is -2.32. The second-order valence-electron chi connectivity index (χ2n) is 5.20. The Morgan fingerprint density at radius 2 is 2.11 bits per heavy atom. The third kappa shape index (κ3) is 3.63. The Hall–Kier alpha value is -0.740. The van der Waals surface area contributed by atoms with Gasteiger partial charge in [-0.15, -0.1) is 0 Å². The first-order valence-corrected chi connectivity index (χ1v) is 8.51. The Bertz CT molecular complexity index is 459. The molecule has 19 heavy (non-hydrogen) atoms. The van der Waals surface area contributed by atoms with Crippen LogP contribution in [0, 0.1) is 6.92 Å². The van der Waals surface area contributed by atoms with Crippen LogP contribution in [-0.4, -0.2) is 22.5 Å². The highest BCUT2D eigenvalue weighted by Gasteiger charge is 2.24. The van der Waals surface area contributed by atoms with Gasteiger partial charge in [-0.1, -0.05) is 25.1 Å². The van der Waals surface area contributed by atoms with E-state index >= 15 is 0 Å². The van der Waals surface area contributed by atoms with Crippen molar-refractivity contribution in [2.75, 3.05) is 11.6 Å². The highest BCUT2D eigenvalue weighted by molar-refractivity contribution is 7.99. The molecule has 0 aromatic heterocycles. The molecule has 0 amide bonds. The monoisotopic (exact) mass is 294 g/mol. The van der Waals surface area contributed by atoms with Crippen molar-refractivity contribution in [2.24, 2.45) is 5.73 Å². The number of nitrogens with two attached hydrogens (primary N) is 1. The van der Waals surface area contributed by atoms with Crippen LogP contribution in [0.3, 0.4) is 0 Å². The number of hydrogen-bond donors (Lipinski definition) is 2. The number of rotatable bonds is 4. The van der Waals surface area contributed by atoms with Gasteiger partial charge in [-0.3, -0.25) is 0 Å². The normalized spacial score (nSPS) is 23.1. The maximum absolute atomic E-state index is 5.70. The molecule has 0 spiro atoms. The molecule has 1 aliphatic rings. The van der Waals surface area contributed by atoms with Crippen molar-refractivity contribution in [3.8, 4) is 0 Å². The fraction of sp³-hybridized carbons (Fsp3) is 0.533. The van der Waals surface area contributed by atoms with Gasteiger partial charge in [0, 0.05) is 22.5 Å². The number of hydrogen-bond acceptors (Lipinski definition) is 3. The highest BCUT2D eigenvalue weighted by atomic mass is 32.2. The summed E-state index contributed by atoms with van der Waals surface area (Å²) in [5.41, 5.74) is 9.01. The second kappa shape index (κ2) is 6.62. The van der Waals surface area contributed by atoms with E-state index in [0.29, 0.717) is 11.0 Å². The molecule has 3 N–H and O–H groups in total. The van der Waals surface area contributed by atoms with E-state index < -0.39 is 0 Å². The molecule has 0 saturated heterocycles. The van der Waals surface area contributed by atoms with Gasteiger partial charge >= 0.3 is 0 Å². The predicted molar refractivity (Wildman–Crippen MR) is 90.2 cm³/mol. The van der Waals surface area contributed by atoms with Gasteiger partial charge < -0.3 is 11.1 Å². The number of aryl methyl sites for hydroxylation is 1. The summed E-state index contributed by atoms with van der Waals surface area (Å²) in [6.45, 7) is 2.06. The zero-order chi connectivity index (χ0) is 13.8. The van der Waals surface area contributed by atoms with Crippen molar-refractivity contribution >= 4 is 34.7 Å². The van der Waals surface area contributed by atoms with Crippen molar-refractivity contribution in [2.45, 2.75) is 43.9 Å². The van der Waals surface area contributed by atoms with Crippen LogP contribution >= 0.6 is 24.0 Å². The molecule has 2 atom stereocenters. The minimum absolute atomic E-state index is 0.476. The summed E-state index contributed by atoms with van der Waals surface area (Å²) in [7, 11) is 0. The lowest BCUT2D eigenvalue weighted by molar-refractivity contribution is 0.475. The maximum Gasteiger partial charge on any atom is 0.104 e. The number of nitrogens with one attached hydrogen (secondary N) is 1. The summed E-state index contributed by atoms with van der Waals surface area (Å²) in [6, 6.07) is 6.85. The molecular weight excluding hydrogens is 272 g/mol. The number of thiocarbonyl (C=S) groups is 1. The number of thioether (sulfide) groups is 1. The Labute approximate surface area is 125 Å². The molecule has 2 unspecified atom stereocenters. The topological polar surface area (TPSA) is 38.0 Å². The quantitative estimate of drug-likeness (QED) is 0.830. The average Bonchev–Trinajstić information content (AvgIpc) is 2.39. The molecule has 104 valence electrons. The van der Waals surface area contributed by atoms with Crippen LogP contribution < -0.4 is 11.1 Å². The molecule has 0 bridgehead atoms. The fourth-order valence-electron chi connectivity index (χ4n) is 2.79. The van der Waals surface area contributed by atoms with Crippen LogP contribution in [0.5, 0.6) is 0 Å². The van der Waals surface area contributed by atoms with Crippen molar-refractivity contribution in [1.82, 2.24) is 0 Å².